The first kappa shape index (κ1) is 18.0. The van der Waals surface area contributed by atoms with Crippen molar-refractivity contribution in [1.82, 2.24) is 30.5 Å². The van der Waals surface area contributed by atoms with Crippen molar-refractivity contribution in [1.29, 1.82) is 0 Å². The van der Waals surface area contributed by atoms with E-state index in [1.165, 1.54) is 12.0 Å². The zero-order chi connectivity index (χ0) is 20.1. The monoisotopic (exact) mass is 384 g/mol. The predicted molar refractivity (Wildman–Crippen MR) is 96.5 cm³/mol. The summed E-state index contributed by atoms with van der Waals surface area (Å²) >= 11 is 0. The highest BCUT2D eigenvalue weighted by Gasteiger charge is 2.52. The Kier molecular flexibility index (Phi) is 4.06. The van der Waals surface area contributed by atoms with Gasteiger partial charge in [-0.15, -0.1) is 5.10 Å². The molecule has 28 heavy (non-hydrogen) atoms. The maximum Gasteiger partial charge on any atom is 0.322 e. The van der Waals surface area contributed by atoms with Gasteiger partial charge in [0.05, 0.1) is 19.9 Å². The van der Waals surface area contributed by atoms with Gasteiger partial charge < -0.3 is 15.0 Å². The molecule has 2 N–H and O–H groups in total. The van der Waals surface area contributed by atoms with Gasteiger partial charge in [-0.3, -0.25) is 14.9 Å². The van der Waals surface area contributed by atoms with Gasteiger partial charge in [0, 0.05) is 18.2 Å². The van der Waals surface area contributed by atoms with E-state index >= 15 is 0 Å². The number of hydrogen-bond acceptors (Lipinski definition) is 6. The number of urea groups is 1. The van der Waals surface area contributed by atoms with Crippen molar-refractivity contribution in [3.63, 3.8) is 0 Å². The lowest BCUT2D eigenvalue weighted by atomic mass is 9.95. The highest BCUT2D eigenvalue weighted by atomic mass is 16.5. The molecule has 0 radical (unpaired) electrons. The Morgan fingerprint density at radius 2 is 2.07 bits per heavy atom. The maximum absolute atomic E-state index is 12.9. The lowest BCUT2D eigenvalue weighted by Crippen LogP contribution is -2.53. The van der Waals surface area contributed by atoms with Gasteiger partial charge in [-0.2, -0.15) is 0 Å². The van der Waals surface area contributed by atoms with E-state index in [1.54, 1.807) is 23.0 Å². The number of ether oxygens (including phenoxy) is 1. The van der Waals surface area contributed by atoms with Gasteiger partial charge in [0.15, 0.2) is 5.54 Å². The fourth-order valence-electron chi connectivity index (χ4n) is 3.47. The summed E-state index contributed by atoms with van der Waals surface area (Å²) in [6.45, 7) is 4.11. The second-order valence-corrected chi connectivity index (χ2v) is 7.18. The van der Waals surface area contributed by atoms with Crippen LogP contribution in [-0.4, -0.2) is 51.4 Å². The van der Waals surface area contributed by atoms with E-state index in [0.29, 0.717) is 17.9 Å². The van der Waals surface area contributed by atoms with Gasteiger partial charge >= 0.3 is 6.03 Å². The summed E-state index contributed by atoms with van der Waals surface area (Å²) < 4.78 is 6.79. The van der Waals surface area contributed by atoms with Gasteiger partial charge in [-0.25, -0.2) is 9.48 Å². The summed E-state index contributed by atoms with van der Waals surface area (Å²) in [4.78, 5) is 39.1. The van der Waals surface area contributed by atoms with Crippen LogP contribution in [0, 0.1) is 0 Å². The minimum Gasteiger partial charge on any atom is -0.497 e. The van der Waals surface area contributed by atoms with Crippen molar-refractivity contribution in [2.24, 2.45) is 0 Å². The van der Waals surface area contributed by atoms with Gasteiger partial charge in [-0.05, 0) is 31.5 Å². The minimum atomic E-state index is -1.49. The molecule has 10 nitrogen and oxygen atoms in total. The molecule has 1 aromatic carbocycles. The summed E-state index contributed by atoms with van der Waals surface area (Å²) in [5.74, 6) is -0.219. The molecular weight excluding hydrogens is 364 g/mol. The van der Waals surface area contributed by atoms with Crippen LogP contribution in [0.15, 0.2) is 24.4 Å². The molecule has 2 aliphatic heterocycles. The molecule has 3 heterocycles. The molecule has 0 spiro atoms. The zero-order valence-corrected chi connectivity index (χ0v) is 15.7. The van der Waals surface area contributed by atoms with E-state index in [1.807, 2.05) is 19.9 Å². The van der Waals surface area contributed by atoms with E-state index in [0.717, 1.165) is 5.56 Å². The molecule has 0 aliphatic carbocycles. The van der Waals surface area contributed by atoms with Crippen LogP contribution in [0.3, 0.4) is 0 Å². The van der Waals surface area contributed by atoms with E-state index in [4.69, 9.17) is 4.74 Å². The number of hydrogen-bond donors (Lipinski definition) is 2. The molecule has 2 aliphatic rings. The number of carbonyl (C=O) groups excluding carboxylic acids is 3. The Balaban J connectivity index is 1.69. The maximum atomic E-state index is 12.9. The summed E-state index contributed by atoms with van der Waals surface area (Å²) in [5.41, 5.74) is 0.138. The quantitative estimate of drug-likeness (QED) is 0.727. The van der Waals surface area contributed by atoms with E-state index in [2.05, 4.69) is 20.9 Å². The third-order valence-electron chi connectivity index (χ3n) is 5.04. The highest BCUT2D eigenvalue weighted by molar-refractivity contribution is 6.08. The van der Waals surface area contributed by atoms with Crippen LogP contribution in [0.25, 0.3) is 0 Å². The van der Waals surface area contributed by atoms with Gasteiger partial charge in [-0.1, -0.05) is 11.3 Å². The second-order valence-electron chi connectivity index (χ2n) is 7.18. The van der Waals surface area contributed by atoms with E-state index in [9.17, 15) is 14.4 Å². The number of fused-ring (bicyclic) bond motifs is 1. The van der Waals surface area contributed by atoms with Crippen LogP contribution in [0.2, 0.25) is 0 Å². The summed E-state index contributed by atoms with van der Waals surface area (Å²) in [5, 5.41) is 13.0. The Hall–Kier alpha value is -3.43. The SMILES string of the molecule is COc1ccc2c(c1)C(=O)N(C[C@@]1(c3cn(C(C)C)nn3)NC(=O)NC1=O)C2. The molecule has 0 unspecified atom stereocenters. The van der Waals surface area contributed by atoms with Crippen molar-refractivity contribution in [3.8, 4) is 5.75 Å². The van der Waals surface area contributed by atoms with Gasteiger partial charge in [0.2, 0.25) is 0 Å². The number of nitrogens with zero attached hydrogens (tertiary/aromatic N) is 4. The fraction of sp³-hybridized carbons (Fsp3) is 0.389. The molecule has 10 heteroatoms. The fourth-order valence-corrected chi connectivity index (χ4v) is 3.47. The molecule has 1 atom stereocenters. The molecule has 2 aromatic rings. The molecule has 1 fully saturated rings. The smallest absolute Gasteiger partial charge is 0.322 e. The Morgan fingerprint density at radius 3 is 2.68 bits per heavy atom. The third kappa shape index (κ3) is 2.68. The molecule has 146 valence electrons. The number of amides is 4. The normalized spacial score (nSPS) is 21.1. The van der Waals surface area contributed by atoms with Crippen molar-refractivity contribution < 1.29 is 19.1 Å². The molecule has 4 amide bonds. The molecule has 1 aromatic heterocycles. The molecule has 0 saturated carbocycles. The van der Waals surface area contributed by atoms with Crippen molar-refractivity contribution in [2.45, 2.75) is 32.0 Å². The Morgan fingerprint density at radius 1 is 1.29 bits per heavy atom. The summed E-state index contributed by atoms with van der Waals surface area (Å²) in [6.07, 6.45) is 1.62. The number of nitrogens with one attached hydrogen (secondary N) is 2. The minimum absolute atomic E-state index is 0.0311. The summed E-state index contributed by atoms with van der Waals surface area (Å²) in [6, 6.07) is 4.68. The van der Waals surface area contributed by atoms with Gasteiger partial charge in [0.25, 0.3) is 11.8 Å². The zero-order valence-electron chi connectivity index (χ0n) is 15.7. The molecule has 4 rings (SSSR count). The van der Waals surface area contributed by atoms with Gasteiger partial charge in [0.1, 0.15) is 11.4 Å². The Bertz CT molecular complexity index is 984. The number of benzene rings is 1. The lowest BCUT2D eigenvalue weighted by Gasteiger charge is -2.28. The Labute approximate surface area is 160 Å². The summed E-state index contributed by atoms with van der Waals surface area (Å²) in [7, 11) is 1.53. The lowest BCUT2D eigenvalue weighted by molar-refractivity contribution is -0.125. The van der Waals surface area contributed by atoms with Crippen molar-refractivity contribution in [3.05, 3.63) is 41.2 Å². The predicted octanol–water partition coefficient (Wildman–Crippen LogP) is 0.558. The average Bonchev–Trinajstić information content (AvgIpc) is 3.33. The van der Waals surface area contributed by atoms with Crippen LogP contribution in [0.4, 0.5) is 4.79 Å². The van der Waals surface area contributed by atoms with E-state index < -0.39 is 17.5 Å². The van der Waals surface area contributed by atoms with Crippen molar-refractivity contribution >= 4 is 17.8 Å². The first-order valence-electron chi connectivity index (χ1n) is 8.86. The topological polar surface area (TPSA) is 118 Å². The van der Waals surface area contributed by atoms with E-state index in [-0.39, 0.29) is 24.2 Å². The first-order chi connectivity index (χ1) is 13.3. The first-order valence-corrected chi connectivity index (χ1v) is 8.86. The standard InChI is InChI=1S/C18H20N6O4/c1-10(2)24-8-14(21-22-24)18(16(26)19-17(27)20-18)9-23-7-11-4-5-12(28-3)6-13(11)15(23)25/h4-6,8,10H,7,9H2,1-3H3,(H2,19,20,26,27)/t18-/m0/s1. The molecular formula is C18H20N6O4. The largest absolute Gasteiger partial charge is 0.497 e. The second kappa shape index (κ2) is 6.32. The number of carbonyl (C=O) groups is 3. The number of rotatable bonds is 5. The number of imide groups is 1. The number of methoxy groups -OCH3 is 1. The third-order valence-corrected chi connectivity index (χ3v) is 5.04. The van der Waals surface area contributed by atoms with Crippen LogP contribution in [0.1, 0.15) is 41.5 Å². The van der Waals surface area contributed by atoms with Crippen LogP contribution < -0.4 is 15.4 Å². The van der Waals surface area contributed by atoms with Crippen LogP contribution in [0.5, 0.6) is 5.75 Å². The van der Waals surface area contributed by atoms with Crippen molar-refractivity contribution in [2.75, 3.05) is 13.7 Å². The average molecular weight is 384 g/mol. The highest BCUT2D eigenvalue weighted by Crippen LogP contribution is 2.31. The van der Waals surface area contributed by atoms with Crippen LogP contribution in [-0.2, 0) is 16.9 Å². The number of aromatic nitrogens is 3. The molecule has 1 saturated heterocycles. The molecule has 0 bridgehead atoms. The van der Waals surface area contributed by atoms with Crippen LogP contribution >= 0.6 is 0 Å².